The van der Waals surface area contributed by atoms with Crippen molar-refractivity contribution in [1.82, 2.24) is 5.32 Å². The molecule has 1 aromatic carbocycles. The lowest BCUT2D eigenvalue weighted by Gasteiger charge is -2.24. The van der Waals surface area contributed by atoms with Crippen LogP contribution in [0.25, 0.3) is 0 Å². The fourth-order valence-corrected chi connectivity index (χ4v) is 2.63. The number of hydrogen-bond acceptors (Lipinski definition) is 2. The zero-order valence-corrected chi connectivity index (χ0v) is 12.7. The molecule has 0 aliphatic carbocycles. The summed E-state index contributed by atoms with van der Waals surface area (Å²) >= 11 is 0. The van der Waals surface area contributed by atoms with Crippen LogP contribution in [0.4, 0.5) is 0 Å². The smallest absolute Gasteiger partial charge is 0.0323 e. The summed E-state index contributed by atoms with van der Waals surface area (Å²) in [5.41, 5.74) is 13.0. The molecule has 2 atom stereocenters. The molecule has 0 saturated carbocycles. The van der Waals surface area contributed by atoms with Gasteiger partial charge in [0.2, 0.25) is 0 Å². The molecule has 0 radical (unpaired) electrons. The van der Waals surface area contributed by atoms with Crippen molar-refractivity contribution in [3.8, 4) is 0 Å². The Labute approximate surface area is 112 Å². The van der Waals surface area contributed by atoms with Crippen LogP contribution < -0.4 is 11.1 Å². The second-order valence-electron chi connectivity index (χ2n) is 5.57. The van der Waals surface area contributed by atoms with Crippen molar-refractivity contribution < 1.29 is 0 Å². The Morgan fingerprint density at radius 3 is 1.94 bits per heavy atom. The summed E-state index contributed by atoms with van der Waals surface area (Å²) < 4.78 is 0. The topological polar surface area (TPSA) is 38.0 Å². The molecule has 0 spiro atoms. The molecule has 0 aliphatic heterocycles. The predicted molar refractivity (Wildman–Crippen MR) is 80.1 cm³/mol. The van der Waals surface area contributed by atoms with Crippen molar-refractivity contribution in [3.05, 3.63) is 33.9 Å². The molecule has 0 aliphatic rings. The fourth-order valence-electron chi connectivity index (χ4n) is 2.63. The molecule has 2 nitrogen and oxygen atoms in total. The lowest BCUT2D eigenvalue weighted by Crippen LogP contribution is -2.23. The van der Waals surface area contributed by atoms with Gasteiger partial charge in [0.05, 0.1) is 0 Å². The first-order valence-corrected chi connectivity index (χ1v) is 6.88. The van der Waals surface area contributed by atoms with Crippen LogP contribution in [0.3, 0.4) is 0 Å². The molecule has 0 aromatic heterocycles. The Bertz CT molecular complexity index is 382. The number of hydrogen-bond donors (Lipinski definition) is 2. The van der Waals surface area contributed by atoms with E-state index in [-0.39, 0.29) is 6.04 Å². The van der Waals surface area contributed by atoms with Gasteiger partial charge in [0.15, 0.2) is 0 Å². The van der Waals surface area contributed by atoms with Crippen LogP contribution in [0.5, 0.6) is 0 Å². The van der Waals surface area contributed by atoms with E-state index in [1.807, 2.05) is 7.05 Å². The summed E-state index contributed by atoms with van der Waals surface area (Å²) in [6.07, 6.45) is 2.15. The van der Waals surface area contributed by atoms with Gasteiger partial charge in [-0.25, -0.2) is 0 Å². The lowest BCUT2D eigenvalue weighted by atomic mass is 9.87. The Kier molecular flexibility index (Phi) is 5.36. The largest absolute Gasteiger partial charge is 0.328 e. The fraction of sp³-hybridized carbons (Fsp3) is 0.625. The number of benzene rings is 1. The first-order chi connectivity index (χ1) is 8.38. The third-order valence-corrected chi connectivity index (χ3v) is 4.03. The van der Waals surface area contributed by atoms with Gasteiger partial charge in [-0.2, -0.15) is 0 Å². The van der Waals surface area contributed by atoms with E-state index in [1.165, 1.54) is 27.8 Å². The van der Waals surface area contributed by atoms with Crippen LogP contribution in [0.2, 0.25) is 0 Å². The van der Waals surface area contributed by atoms with Crippen molar-refractivity contribution in [1.29, 1.82) is 0 Å². The van der Waals surface area contributed by atoms with Crippen molar-refractivity contribution in [2.45, 2.75) is 59.5 Å². The third-order valence-electron chi connectivity index (χ3n) is 4.03. The summed E-state index contributed by atoms with van der Waals surface area (Å²) in [6.45, 7) is 10.9. The van der Waals surface area contributed by atoms with Gasteiger partial charge in [-0.1, -0.05) is 6.07 Å². The molecule has 2 heteroatoms. The zero-order valence-electron chi connectivity index (χ0n) is 12.7. The van der Waals surface area contributed by atoms with Crippen LogP contribution in [-0.2, 0) is 0 Å². The minimum absolute atomic E-state index is 0.271. The lowest BCUT2D eigenvalue weighted by molar-refractivity contribution is 0.492. The van der Waals surface area contributed by atoms with E-state index in [9.17, 15) is 0 Å². The highest BCUT2D eigenvalue weighted by molar-refractivity contribution is 5.45. The molecule has 0 bridgehead atoms. The van der Waals surface area contributed by atoms with Crippen LogP contribution in [-0.4, -0.2) is 13.1 Å². The summed E-state index contributed by atoms with van der Waals surface area (Å²) in [7, 11) is 2.04. The maximum absolute atomic E-state index is 5.88. The van der Waals surface area contributed by atoms with Gasteiger partial charge in [0.25, 0.3) is 0 Å². The molecule has 0 heterocycles. The van der Waals surface area contributed by atoms with Gasteiger partial charge in [-0.15, -0.1) is 0 Å². The quantitative estimate of drug-likeness (QED) is 0.839. The molecular weight excluding hydrogens is 220 g/mol. The molecule has 0 fully saturated rings. The zero-order chi connectivity index (χ0) is 13.9. The van der Waals surface area contributed by atoms with E-state index in [0.717, 1.165) is 12.8 Å². The van der Waals surface area contributed by atoms with E-state index in [2.05, 4.69) is 46.0 Å². The molecule has 102 valence electrons. The van der Waals surface area contributed by atoms with E-state index in [4.69, 9.17) is 5.73 Å². The molecule has 1 aromatic rings. The predicted octanol–water partition coefficient (Wildman–Crippen LogP) is 3.31. The van der Waals surface area contributed by atoms with Crippen LogP contribution in [0.15, 0.2) is 6.07 Å². The molecule has 18 heavy (non-hydrogen) atoms. The first-order valence-electron chi connectivity index (χ1n) is 6.88. The molecule has 0 saturated heterocycles. The van der Waals surface area contributed by atoms with Crippen LogP contribution in [0.1, 0.15) is 53.6 Å². The van der Waals surface area contributed by atoms with E-state index >= 15 is 0 Å². The molecular formula is C16H28N2. The van der Waals surface area contributed by atoms with Crippen LogP contribution in [0, 0.1) is 27.7 Å². The average molecular weight is 248 g/mol. The standard InChI is InChI=1S/C16H28N2/c1-10-9-11(2)14(5)16(13(10)4)15(18-6)8-7-12(3)17/h9,12,15,18H,7-8,17H2,1-6H3. The molecule has 1 rings (SSSR count). The minimum Gasteiger partial charge on any atom is -0.328 e. The van der Waals surface area contributed by atoms with Crippen molar-refractivity contribution in [2.75, 3.05) is 7.05 Å². The number of nitrogens with one attached hydrogen (secondary N) is 1. The van der Waals surface area contributed by atoms with Gasteiger partial charge in [-0.3, -0.25) is 0 Å². The average Bonchev–Trinajstić information content (AvgIpc) is 2.30. The number of rotatable bonds is 5. The highest BCUT2D eigenvalue weighted by Gasteiger charge is 2.17. The van der Waals surface area contributed by atoms with E-state index < -0.39 is 0 Å². The molecule has 2 unspecified atom stereocenters. The van der Waals surface area contributed by atoms with Gasteiger partial charge in [0, 0.05) is 12.1 Å². The maximum Gasteiger partial charge on any atom is 0.0323 e. The van der Waals surface area contributed by atoms with E-state index in [1.54, 1.807) is 0 Å². The Balaban J connectivity index is 3.12. The van der Waals surface area contributed by atoms with Gasteiger partial charge >= 0.3 is 0 Å². The third kappa shape index (κ3) is 3.33. The normalized spacial score (nSPS) is 14.6. The number of nitrogens with two attached hydrogens (primary N) is 1. The van der Waals surface area contributed by atoms with Crippen molar-refractivity contribution in [3.63, 3.8) is 0 Å². The van der Waals surface area contributed by atoms with E-state index in [0.29, 0.717) is 6.04 Å². The van der Waals surface area contributed by atoms with Gasteiger partial charge in [-0.05, 0) is 82.3 Å². The SMILES string of the molecule is CNC(CCC(C)N)c1c(C)c(C)cc(C)c1C. The first kappa shape index (κ1) is 15.2. The number of aryl methyl sites for hydroxylation is 2. The Morgan fingerprint density at radius 2 is 1.56 bits per heavy atom. The Morgan fingerprint density at radius 1 is 1.06 bits per heavy atom. The summed E-state index contributed by atoms with van der Waals surface area (Å²) in [6, 6.07) is 2.97. The van der Waals surface area contributed by atoms with Crippen molar-refractivity contribution >= 4 is 0 Å². The highest BCUT2D eigenvalue weighted by atomic mass is 14.9. The second-order valence-corrected chi connectivity index (χ2v) is 5.57. The van der Waals surface area contributed by atoms with Gasteiger partial charge < -0.3 is 11.1 Å². The van der Waals surface area contributed by atoms with Crippen molar-refractivity contribution in [2.24, 2.45) is 5.73 Å². The summed E-state index contributed by atoms with van der Waals surface area (Å²) in [5.74, 6) is 0. The monoisotopic (exact) mass is 248 g/mol. The molecule has 3 N–H and O–H groups in total. The minimum atomic E-state index is 0.271. The Hall–Kier alpha value is -0.860. The second kappa shape index (κ2) is 6.35. The van der Waals surface area contributed by atoms with Crippen LogP contribution >= 0.6 is 0 Å². The van der Waals surface area contributed by atoms with Gasteiger partial charge in [0.1, 0.15) is 0 Å². The maximum atomic E-state index is 5.88. The summed E-state index contributed by atoms with van der Waals surface area (Å²) in [4.78, 5) is 0. The highest BCUT2D eigenvalue weighted by Crippen LogP contribution is 2.29. The summed E-state index contributed by atoms with van der Waals surface area (Å²) in [5, 5.41) is 3.45. The molecule has 0 amide bonds.